The van der Waals surface area contributed by atoms with E-state index in [-0.39, 0.29) is 0 Å². The Morgan fingerprint density at radius 3 is 2.37 bits per heavy atom. The maximum Gasteiger partial charge on any atom is 0.323 e. The maximum atomic E-state index is 11.7. The molecule has 4 nitrogen and oxygen atoms in total. The SMILES string of the molecule is CCCN(CCC)C1CCC(NC2CC2)(C(=O)O)C1. The van der Waals surface area contributed by atoms with Crippen molar-refractivity contribution in [2.24, 2.45) is 0 Å². The molecule has 110 valence electrons. The molecule has 0 heterocycles. The van der Waals surface area contributed by atoms with Crippen molar-refractivity contribution in [3.8, 4) is 0 Å². The maximum absolute atomic E-state index is 11.7. The normalized spacial score (nSPS) is 31.0. The van der Waals surface area contributed by atoms with Crippen molar-refractivity contribution in [1.82, 2.24) is 10.2 Å². The molecule has 2 unspecified atom stereocenters. The molecule has 4 heteroatoms. The molecule has 0 radical (unpaired) electrons. The second-order valence-electron chi connectivity index (χ2n) is 6.24. The Kier molecular flexibility index (Phi) is 4.85. The zero-order valence-corrected chi connectivity index (χ0v) is 12.3. The number of carboxylic acids is 1. The monoisotopic (exact) mass is 268 g/mol. The summed E-state index contributed by atoms with van der Waals surface area (Å²) in [4.78, 5) is 14.2. The minimum Gasteiger partial charge on any atom is -0.480 e. The number of carbonyl (C=O) groups is 1. The first kappa shape index (κ1) is 14.8. The zero-order chi connectivity index (χ0) is 13.9. The fraction of sp³-hybridized carbons (Fsp3) is 0.933. The molecule has 19 heavy (non-hydrogen) atoms. The molecule has 2 aliphatic rings. The van der Waals surface area contributed by atoms with Gasteiger partial charge in [0.2, 0.25) is 0 Å². The van der Waals surface area contributed by atoms with Crippen molar-refractivity contribution < 1.29 is 9.90 Å². The summed E-state index contributed by atoms with van der Waals surface area (Å²) >= 11 is 0. The number of nitrogens with zero attached hydrogens (tertiary/aromatic N) is 1. The molecule has 0 saturated heterocycles. The molecule has 0 spiro atoms. The molecular formula is C15H28N2O2. The summed E-state index contributed by atoms with van der Waals surface area (Å²) in [5.41, 5.74) is -0.647. The Hall–Kier alpha value is -0.610. The lowest BCUT2D eigenvalue weighted by Gasteiger charge is -2.31. The van der Waals surface area contributed by atoms with Gasteiger partial charge in [0.15, 0.2) is 0 Å². The Bertz CT molecular complexity index is 311. The van der Waals surface area contributed by atoms with Gasteiger partial charge in [-0.15, -0.1) is 0 Å². The topological polar surface area (TPSA) is 52.6 Å². The van der Waals surface area contributed by atoms with Crippen LogP contribution in [0, 0.1) is 0 Å². The quantitative estimate of drug-likeness (QED) is 0.709. The Morgan fingerprint density at radius 2 is 1.89 bits per heavy atom. The third-order valence-corrected chi connectivity index (χ3v) is 4.49. The highest BCUT2D eigenvalue weighted by Gasteiger charge is 2.49. The van der Waals surface area contributed by atoms with Gasteiger partial charge in [0, 0.05) is 12.1 Å². The van der Waals surface area contributed by atoms with E-state index in [0.29, 0.717) is 12.1 Å². The fourth-order valence-electron chi connectivity index (χ4n) is 3.39. The number of hydrogen-bond donors (Lipinski definition) is 2. The van der Waals surface area contributed by atoms with Crippen LogP contribution in [-0.4, -0.2) is 46.7 Å². The molecule has 0 amide bonds. The summed E-state index contributed by atoms with van der Waals surface area (Å²) in [7, 11) is 0. The Balaban J connectivity index is 1.99. The van der Waals surface area contributed by atoms with E-state index in [2.05, 4.69) is 24.1 Å². The van der Waals surface area contributed by atoms with Crippen molar-refractivity contribution >= 4 is 5.97 Å². The predicted molar refractivity (Wildman–Crippen MR) is 76.3 cm³/mol. The van der Waals surface area contributed by atoms with E-state index in [4.69, 9.17) is 0 Å². The van der Waals surface area contributed by atoms with Crippen LogP contribution in [0.1, 0.15) is 58.8 Å². The molecule has 2 atom stereocenters. The summed E-state index contributed by atoms with van der Waals surface area (Å²) in [6.07, 6.45) is 7.16. The van der Waals surface area contributed by atoms with Crippen molar-refractivity contribution in [3.05, 3.63) is 0 Å². The van der Waals surface area contributed by atoms with Gasteiger partial charge in [-0.3, -0.25) is 10.1 Å². The van der Waals surface area contributed by atoms with Crippen LogP contribution < -0.4 is 5.32 Å². The lowest BCUT2D eigenvalue weighted by Crippen LogP contribution is -2.52. The van der Waals surface area contributed by atoms with Crippen LogP contribution in [-0.2, 0) is 4.79 Å². The summed E-state index contributed by atoms with van der Waals surface area (Å²) in [5.74, 6) is -0.644. The van der Waals surface area contributed by atoms with Crippen molar-refractivity contribution in [3.63, 3.8) is 0 Å². The molecule has 2 fully saturated rings. The number of aliphatic carboxylic acids is 1. The van der Waals surface area contributed by atoms with E-state index in [0.717, 1.165) is 58.0 Å². The molecular weight excluding hydrogens is 240 g/mol. The summed E-state index contributed by atoms with van der Waals surface area (Å²) in [5, 5.41) is 13.0. The van der Waals surface area contributed by atoms with Crippen LogP contribution in [0.5, 0.6) is 0 Å². The van der Waals surface area contributed by atoms with Crippen LogP contribution in [0.3, 0.4) is 0 Å². The van der Waals surface area contributed by atoms with Crippen LogP contribution in [0.15, 0.2) is 0 Å². The zero-order valence-electron chi connectivity index (χ0n) is 12.3. The van der Waals surface area contributed by atoms with Crippen molar-refractivity contribution in [1.29, 1.82) is 0 Å². The lowest BCUT2D eigenvalue weighted by molar-refractivity contribution is -0.145. The van der Waals surface area contributed by atoms with Crippen LogP contribution in [0.4, 0.5) is 0 Å². The average Bonchev–Trinajstić information content (AvgIpc) is 3.06. The molecule has 2 rings (SSSR count). The fourth-order valence-corrected chi connectivity index (χ4v) is 3.39. The Morgan fingerprint density at radius 1 is 1.26 bits per heavy atom. The standard InChI is InChI=1S/C15H28N2O2/c1-3-9-17(10-4-2)13-7-8-15(11-13,14(18)19)16-12-5-6-12/h12-13,16H,3-11H2,1-2H3,(H,18,19). The smallest absolute Gasteiger partial charge is 0.323 e. The Labute approximate surface area is 116 Å². The summed E-state index contributed by atoms with van der Waals surface area (Å²) < 4.78 is 0. The van der Waals surface area contributed by atoms with Gasteiger partial charge in [-0.05, 0) is 58.0 Å². The molecule has 0 aliphatic heterocycles. The minimum atomic E-state index is -0.647. The van der Waals surface area contributed by atoms with E-state index < -0.39 is 11.5 Å². The highest BCUT2D eigenvalue weighted by atomic mass is 16.4. The molecule has 2 aliphatic carbocycles. The van der Waals surface area contributed by atoms with Gasteiger partial charge in [-0.1, -0.05) is 13.8 Å². The van der Waals surface area contributed by atoms with E-state index in [1.807, 2.05) is 0 Å². The number of rotatable bonds is 8. The first-order valence-electron chi connectivity index (χ1n) is 7.86. The molecule has 0 bridgehead atoms. The van der Waals surface area contributed by atoms with Gasteiger partial charge >= 0.3 is 5.97 Å². The molecule has 2 N–H and O–H groups in total. The largest absolute Gasteiger partial charge is 0.480 e. The van der Waals surface area contributed by atoms with Gasteiger partial charge in [-0.2, -0.15) is 0 Å². The third kappa shape index (κ3) is 3.48. The van der Waals surface area contributed by atoms with Crippen LogP contribution in [0.25, 0.3) is 0 Å². The molecule has 0 aromatic rings. The highest BCUT2D eigenvalue weighted by molar-refractivity contribution is 5.79. The van der Waals surface area contributed by atoms with Gasteiger partial charge in [0.1, 0.15) is 5.54 Å². The average molecular weight is 268 g/mol. The van der Waals surface area contributed by atoms with Crippen molar-refractivity contribution in [2.75, 3.05) is 13.1 Å². The predicted octanol–water partition coefficient (Wildman–Crippen LogP) is 2.24. The van der Waals surface area contributed by atoms with Gasteiger partial charge < -0.3 is 10.0 Å². The van der Waals surface area contributed by atoms with E-state index in [1.54, 1.807) is 0 Å². The van der Waals surface area contributed by atoms with Crippen LogP contribution >= 0.6 is 0 Å². The highest BCUT2D eigenvalue weighted by Crippen LogP contribution is 2.36. The number of hydrogen-bond acceptors (Lipinski definition) is 3. The van der Waals surface area contributed by atoms with Gasteiger partial charge in [0.25, 0.3) is 0 Å². The lowest BCUT2D eigenvalue weighted by atomic mass is 9.97. The molecule has 2 saturated carbocycles. The third-order valence-electron chi connectivity index (χ3n) is 4.49. The van der Waals surface area contributed by atoms with Crippen LogP contribution in [0.2, 0.25) is 0 Å². The summed E-state index contributed by atoms with van der Waals surface area (Å²) in [6, 6.07) is 0.905. The number of carboxylic acid groups (broad SMARTS) is 1. The van der Waals surface area contributed by atoms with Gasteiger partial charge in [-0.25, -0.2) is 0 Å². The second kappa shape index (κ2) is 6.23. The van der Waals surface area contributed by atoms with Crippen molar-refractivity contribution in [2.45, 2.75) is 76.4 Å². The first-order valence-corrected chi connectivity index (χ1v) is 7.86. The van der Waals surface area contributed by atoms with E-state index >= 15 is 0 Å². The van der Waals surface area contributed by atoms with Gasteiger partial charge in [0.05, 0.1) is 0 Å². The second-order valence-corrected chi connectivity index (χ2v) is 6.24. The number of nitrogens with one attached hydrogen (secondary N) is 1. The molecule has 0 aromatic heterocycles. The molecule has 0 aromatic carbocycles. The van der Waals surface area contributed by atoms with E-state index in [9.17, 15) is 9.90 Å². The van der Waals surface area contributed by atoms with E-state index in [1.165, 1.54) is 0 Å². The minimum absolute atomic E-state index is 0.447. The summed E-state index contributed by atoms with van der Waals surface area (Å²) in [6.45, 7) is 6.59. The first-order chi connectivity index (χ1) is 9.11.